The Morgan fingerprint density at radius 2 is 0.746 bits per heavy atom. The van der Waals surface area contributed by atoms with Crippen molar-refractivity contribution >= 4 is 65.4 Å². The molecular weight excluding hydrogens is 769 g/mol. The Morgan fingerprint density at radius 1 is 0.270 bits per heavy atom. The van der Waals surface area contributed by atoms with Crippen LogP contribution in [-0.2, 0) is 0 Å². The number of hydrogen-bond donors (Lipinski definition) is 0. The molecular formula is C57H36N6. The summed E-state index contributed by atoms with van der Waals surface area (Å²) in [5.41, 5.74) is 12.9. The molecule has 0 aliphatic rings. The number of fused-ring (bicyclic) bond motifs is 10. The topological polar surface area (TPSA) is 53.5 Å². The molecule has 0 amide bonds. The summed E-state index contributed by atoms with van der Waals surface area (Å²) in [7, 11) is 0. The average Bonchev–Trinajstić information content (AvgIpc) is 4.00. The fraction of sp³-hybridized carbons (Fsp3) is 0. The smallest absolute Gasteiger partial charge is 0.166 e. The summed E-state index contributed by atoms with van der Waals surface area (Å²) in [5.74, 6) is 1.87. The lowest BCUT2D eigenvalue weighted by Gasteiger charge is -2.15. The van der Waals surface area contributed by atoms with E-state index in [2.05, 4.69) is 196 Å². The number of benzene rings is 9. The van der Waals surface area contributed by atoms with Crippen LogP contribution < -0.4 is 0 Å². The minimum Gasteiger partial charge on any atom is -0.308 e. The van der Waals surface area contributed by atoms with E-state index in [1.54, 1.807) is 0 Å². The van der Waals surface area contributed by atoms with Gasteiger partial charge in [-0.25, -0.2) is 15.0 Å². The van der Waals surface area contributed by atoms with Crippen LogP contribution in [0.15, 0.2) is 218 Å². The molecule has 0 saturated heterocycles. The first-order chi connectivity index (χ1) is 31.3. The van der Waals surface area contributed by atoms with Crippen molar-refractivity contribution < 1.29 is 0 Å². The van der Waals surface area contributed by atoms with Crippen LogP contribution in [0.3, 0.4) is 0 Å². The van der Waals surface area contributed by atoms with Crippen molar-refractivity contribution in [3.05, 3.63) is 218 Å². The maximum absolute atomic E-state index is 5.22. The molecule has 63 heavy (non-hydrogen) atoms. The quantitative estimate of drug-likeness (QED) is 0.168. The van der Waals surface area contributed by atoms with E-state index < -0.39 is 0 Å². The Morgan fingerprint density at radius 3 is 1.41 bits per heavy atom. The van der Waals surface area contributed by atoms with Gasteiger partial charge in [0.05, 0.1) is 44.5 Å². The molecule has 13 rings (SSSR count). The Balaban J connectivity index is 1.14. The van der Waals surface area contributed by atoms with E-state index >= 15 is 0 Å². The van der Waals surface area contributed by atoms with Crippen molar-refractivity contribution in [1.82, 2.24) is 28.7 Å². The zero-order chi connectivity index (χ0) is 41.4. The Kier molecular flexibility index (Phi) is 7.80. The Bertz CT molecular complexity index is 3840. The summed E-state index contributed by atoms with van der Waals surface area (Å²) in [6.45, 7) is 0. The van der Waals surface area contributed by atoms with Gasteiger partial charge < -0.3 is 13.7 Å². The van der Waals surface area contributed by atoms with Crippen LogP contribution >= 0.6 is 0 Å². The Hall–Kier alpha value is -8.61. The van der Waals surface area contributed by atoms with Crippen LogP contribution in [0.4, 0.5) is 0 Å². The molecule has 0 atom stereocenters. The third kappa shape index (κ3) is 5.35. The fourth-order valence-corrected chi connectivity index (χ4v) is 9.83. The van der Waals surface area contributed by atoms with Gasteiger partial charge in [0, 0.05) is 54.7 Å². The largest absolute Gasteiger partial charge is 0.308 e. The molecule has 0 spiro atoms. The monoisotopic (exact) mass is 804 g/mol. The van der Waals surface area contributed by atoms with Gasteiger partial charge in [-0.1, -0.05) is 164 Å². The van der Waals surface area contributed by atoms with Crippen molar-refractivity contribution in [2.24, 2.45) is 0 Å². The first-order valence-corrected chi connectivity index (χ1v) is 21.3. The molecule has 0 saturated carbocycles. The molecule has 13 aromatic rings. The number of aromatic nitrogens is 6. The number of rotatable bonds is 6. The molecule has 6 nitrogen and oxygen atoms in total. The van der Waals surface area contributed by atoms with Crippen molar-refractivity contribution in [3.63, 3.8) is 0 Å². The highest BCUT2D eigenvalue weighted by molar-refractivity contribution is 6.27. The summed E-state index contributed by atoms with van der Waals surface area (Å²) >= 11 is 0. The van der Waals surface area contributed by atoms with Crippen LogP contribution in [0.1, 0.15) is 0 Å². The minimum absolute atomic E-state index is 0.610. The van der Waals surface area contributed by atoms with Gasteiger partial charge in [-0.2, -0.15) is 0 Å². The minimum atomic E-state index is 0.610. The van der Waals surface area contributed by atoms with Crippen molar-refractivity contribution in [3.8, 4) is 51.2 Å². The number of nitrogens with zero attached hydrogens (tertiary/aromatic N) is 6. The summed E-state index contributed by atoms with van der Waals surface area (Å²) in [6, 6.07) is 77.3. The van der Waals surface area contributed by atoms with E-state index in [0.717, 1.165) is 61.3 Å². The van der Waals surface area contributed by atoms with Gasteiger partial charge in [0.15, 0.2) is 17.5 Å². The number of hydrogen-bond acceptors (Lipinski definition) is 3. The molecule has 6 heteroatoms. The molecule has 9 aromatic carbocycles. The van der Waals surface area contributed by atoms with E-state index in [-0.39, 0.29) is 0 Å². The van der Waals surface area contributed by atoms with Gasteiger partial charge in [0.25, 0.3) is 0 Å². The lowest BCUT2D eigenvalue weighted by Crippen LogP contribution is -2.03. The van der Waals surface area contributed by atoms with E-state index in [1.807, 2.05) is 36.4 Å². The van der Waals surface area contributed by atoms with Gasteiger partial charge in [0.2, 0.25) is 0 Å². The SMILES string of the molecule is c1ccc(-c2nc(-c3ccccc3)nc(-c3ccccc3-n3c4ccccc4c4ccc5c(c6ccccc6n5-c5cccc6c7ccccc7n(-c7ccccc7)c56)c43)n2)cc1. The number of para-hydroxylation sites is 6. The first kappa shape index (κ1) is 35.2. The van der Waals surface area contributed by atoms with Gasteiger partial charge in [-0.3, -0.25) is 0 Å². The van der Waals surface area contributed by atoms with Crippen LogP contribution in [0.2, 0.25) is 0 Å². The zero-order valence-corrected chi connectivity index (χ0v) is 34.0. The summed E-state index contributed by atoms with van der Waals surface area (Å²) < 4.78 is 7.34. The molecule has 0 N–H and O–H groups in total. The van der Waals surface area contributed by atoms with E-state index in [1.165, 1.54) is 37.8 Å². The molecule has 294 valence electrons. The second-order valence-corrected chi connectivity index (χ2v) is 16.0. The lowest BCUT2D eigenvalue weighted by atomic mass is 10.1. The molecule has 0 aliphatic heterocycles. The van der Waals surface area contributed by atoms with Crippen molar-refractivity contribution in [1.29, 1.82) is 0 Å². The van der Waals surface area contributed by atoms with Gasteiger partial charge in [-0.15, -0.1) is 0 Å². The highest BCUT2D eigenvalue weighted by Gasteiger charge is 2.25. The van der Waals surface area contributed by atoms with Gasteiger partial charge in [-0.05, 0) is 54.6 Å². The fourth-order valence-electron chi connectivity index (χ4n) is 9.83. The highest BCUT2D eigenvalue weighted by Crippen LogP contribution is 2.45. The van der Waals surface area contributed by atoms with Gasteiger partial charge >= 0.3 is 0 Å². The van der Waals surface area contributed by atoms with Crippen LogP contribution in [0, 0.1) is 0 Å². The maximum Gasteiger partial charge on any atom is 0.166 e. The van der Waals surface area contributed by atoms with Crippen molar-refractivity contribution in [2.75, 3.05) is 0 Å². The predicted octanol–water partition coefficient (Wildman–Crippen LogP) is 14.2. The molecule has 4 heterocycles. The lowest BCUT2D eigenvalue weighted by molar-refractivity contribution is 1.06. The summed E-state index contributed by atoms with van der Waals surface area (Å²) in [4.78, 5) is 15.5. The molecule has 0 fully saturated rings. The Labute approximate surface area is 362 Å². The normalized spacial score (nSPS) is 11.8. The van der Waals surface area contributed by atoms with E-state index in [9.17, 15) is 0 Å². The predicted molar refractivity (Wildman–Crippen MR) is 259 cm³/mol. The molecule has 0 aliphatic carbocycles. The zero-order valence-electron chi connectivity index (χ0n) is 34.0. The molecule has 4 aromatic heterocycles. The second kappa shape index (κ2) is 14.0. The third-order valence-electron chi connectivity index (χ3n) is 12.5. The molecule has 0 radical (unpaired) electrons. The van der Waals surface area contributed by atoms with Gasteiger partial charge in [0.1, 0.15) is 0 Å². The van der Waals surface area contributed by atoms with Crippen LogP contribution in [0.5, 0.6) is 0 Å². The average molecular weight is 805 g/mol. The standard InChI is InChI=1S/C57H36N6/c1-4-19-37(20-5-1)55-58-56(38-21-6-2-7-22-38)60-57(59-55)45-28-13-17-33-49(45)63-47-31-15-11-26-41(47)43-35-36-50-52(54(43)63)44-27-12-16-32-48(44)62(50)51-34-18-29-42-40-25-10-14-30-46(40)61(53(42)51)39-23-8-3-9-24-39/h1-36H. The van der Waals surface area contributed by atoms with Crippen LogP contribution in [0.25, 0.3) is 117 Å². The third-order valence-corrected chi connectivity index (χ3v) is 12.5. The molecule has 0 bridgehead atoms. The highest BCUT2D eigenvalue weighted by atomic mass is 15.1. The maximum atomic E-state index is 5.22. The summed E-state index contributed by atoms with van der Waals surface area (Å²) in [5, 5.41) is 7.15. The van der Waals surface area contributed by atoms with Crippen molar-refractivity contribution in [2.45, 2.75) is 0 Å². The first-order valence-electron chi connectivity index (χ1n) is 21.3. The van der Waals surface area contributed by atoms with E-state index in [4.69, 9.17) is 15.0 Å². The molecule has 0 unspecified atom stereocenters. The van der Waals surface area contributed by atoms with Crippen LogP contribution in [-0.4, -0.2) is 28.7 Å². The van der Waals surface area contributed by atoms with E-state index in [0.29, 0.717) is 17.5 Å². The second-order valence-electron chi connectivity index (χ2n) is 16.0. The summed E-state index contributed by atoms with van der Waals surface area (Å²) in [6.07, 6.45) is 0.